The maximum atomic E-state index is 13.3. The summed E-state index contributed by atoms with van der Waals surface area (Å²) >= 11 is 3.03. The Labute approximate surface area is 121 Å². The van der Waals surface area contributed by atoms with Crippen molar-refractivity contribution in [1.82, 2.24) is 0 Å². The third-order valence-corrected chi connectivity index (χ3v) is 3.27. The number of nitrogens with zero attached hydrogens (tertiary/aromatic N) is 1. The Balaban J connectivity index is 2.20. The largest absolute Gasteiger partial charge is 0.375 e. The average Bonchev–Trinajstić information content (AvgIpc) is 2.40. The van der Waals surface area contributed by atoms with E-state index in [0.717, 1.165) is 18.2 Å². The van der Waals surface area contributed by atoms with Gasteiger partial charge in [-0.25, -0.2) is 8.78 Å². The van der Waals surface area contributed by atoms with Crippen molar-refractivity contribution in [1.29, 1.82) is 0 Å². The highest BCUT2D eigenvalue weighted by Crippen LogP contribution is 2.26. The first kappa shape index (κ1) is 14.4. The van der Waals surface area contributed by atoms with Gasteiger partial charge in [-0.3, -0.25) is 10.1 Å². The van der Waals surface area contributed by atoms with Crippen LogP contribution in [0.4, 0.5) is 20.2 Å². The monoisotopic (exact) mass is 342 g/mol. The third-order valence-electron chi connectivity index (χ3n) is 2.62. The number of benzene rings is 2. The molecule has 104 valence electrons. The number of hydrogen-bond donors (Lipinski definition) is 1. The maximum absolute atomic E-state index is 13.3. The molecule has 0 aliphatic heterocycles. The molecule has 0 spiro atoms. The molecule has 0 atom stereocenters. The Morgan fingerprint density at radius 2 is 1.95 bits per heavy atom. The number of rotatable bonds is 4. The second kappa shape index (κ2) is 5.96. The van der Waals surface area contributed by atoms with E-state index in [4.69, 9.17) is 0 Å². The zero-order valence-electron chi connectivity index (χ0n) is 10.1. The van der Waals surface area contributed by atoms with Crippen molar-refractivity contribution in [3.05, 3.63) is 68.2 Å². The Hall–Kier alpha value is -2.02. The van der Waals surface area contributed by atoms with Crippen LogP contribution in [0.2, 0.25) is 0 Å². The fourth-order valence-electron chi connectivity index (χ4n) is 1.66. The molecule has 2 aromatic carbocycles. The number of nitrogens with one attached hydrogen (secondary N) is 1. The topological polar surface area (TPSA) is 55.2 Å². The Morgan fingerprint density at radius 1 is 1.20 bits per heavy atom. The second-order valence-corrected chi connectivity index (χ2v) is 4.87. The standard InChI is InChI=1S/C13H9BrF2N2O2/c14-10-3-1-8(5-11(10)16)7-17-12-6-9(15)2-4-13(12)18(19)20/h1-6,17H,7H2. The van der Waals surface area contributed by atoms with Gasteiger partial charge in [0.05, 0.1) is 9.40 Å². The number of anilines is 1. The van der Waals surface area contributed by atoms with Gasteiger partial charge in [0.1, 0.15) is 17.3 Å². The van der Waals surface area contributed by atoms with Crippen molar-refractivity contribution in [2.45, 2.75) is 6.54 Å². The molecule has 0 radical (unpaired) electrons. The van der Waals surface area contributed by atoms with Crippen LogP contribution in [0.25, 0.3) is 0 Å². The van der Waals surface area contributed by atoms with Crippen LogP contribution in [-0.4, -0.2) is 4.92 Å². The molecular formula is C13H9BrF2N2O2. The minimum Gasteiger partial charge on any atom is -0.375 e. The molecule has 0 fully saturated rings. The number of nitro benzene ring substituents is 1. The summed E-state index contributed by atoms with van der Waals surface area (Å²) in [5.41, 5.74) is 0.409. The molecule has 0 unspecified atom stereocenters. The molecule has 2 aromatic rings. The Kier molecular flexibility index (Phi) is 4.29. The molecule has 2 rings (SSSR count). The van der Waals surface area contributed by atoms with Gasteiger partial charge in [0, 0.05) is 18.7 Å². The van der Waals surface area contributed by atoms with Gasteiger partial charge in [0.15, 0.2) is 0 Å². The summed E-state index contributed by atoms with van der Waals surface area (Å²) in [6, 6.07) is 7.62. The summed E-state index contributed by atoms with van der Waals surface area (Å²) < 4.78 is 26.8. The summed E-state index contributed by atoms with van der Waals surface area (Å²) in [5, 5.41) is 13.6. The molecule has 1 N–H and O–H groups in total. The van der Waals surface area contributed by atoms with E-state index in [0.29, 0.717) is 10.0 Å². The highest BCUT2D eigenvalue weighted by atomic mass is 79.9. The van der Waals surface area contributed by atoms with Gasteiger partial charge in [-0.15, -0.1) is 0 Å². The van der Waals surface area contributed by atoms with Gasteiger partial charge in [0.25, 0.3) is 5.69 Å². The molecular weight excluding hydrogens is 334 g/mol. The van der Waals surface area contributed by atoms with E-state index in [2.05, 4.69) is 21.2 Å². The predicted octanol–water partition coefficient (Wildman–Crippen LogP) is 4.25. The quantitative estimate of drug-likeness (QED) is 0.667. The van der Waals surface area contributed by atoms with E-state index >= 15 is 0 Å². The summed E-state index contributed by atoms with van der Waals surface area (Å²) in [5.74, 6) is -1.02. The lowest BCUT2D eigenvalue weighted by atomic mass is 10.2. The molecule has 0 saturated heterocycles. The van der Waals surface area contributed by atoms with Crippen molar-refractivity contribution in [2.24, 2.45) is 0 Å². The van der Waals surface area contributed by atoms with Crippen LogP contribution in [0.15, 0.2) is 40.9 Å². The number of nitro groups is 1. The van der Waals surface area contributed by atoms with Crippen LogP contribution < -0.4 is 5.32 Å². The molecule has 0 aliphatic rings. The predicted molar refractivity (Wildman–Crippen MR) is 74.5 cm³/mol. The highest BCUT2D eigenvalue weighted by Gasteiger charge is 2.14. The minimum absolute atomic E-state index is 0.0540. The third kappa shape index (κ3) is 3.30. The number of halogens is 3. The normalized spacial score (nSPS) is 10.3. The van der Waals surface area contributed by atoms with Crippen LogP contribution >= 0.6 is 15.9 Å². The van der Waals surface area contributed by atoms with Crippen LogP contribution in [0.1, 0.15) is 5.56 Å². The summed E-state index contributed by atoms with van der Waals surface area (Å²) in [7, 11) is 0. The van der Waals surface area contributed by atoms with Crippen molar-refractivity contribution in [3.63, 3.8) is 0 Å². The maximum Gasteiger partial charge on any atom is 0.292 e. The zero-order valence-corrected chi connectivity index (χ0v) is 11.7. The molecule has 4 nitrogen and oxygen atoms in total. The lowest BCUT2D eigenvalue weighted by molar-refractivity contribution is -0.384. The van der Waals surface area contributed by atoms with E-state index in [9.17, 15) is 18.9 Å². The van der Waals surface area contributed by atoms with Gasteiger partial charge >= 0.3 is 0 Å². The zero-order chi connectivity index (χ0) is 14.7. The van der Waals surface area contributed by atoms with Gasteiger partial charge in [0.2, 0.25) is 0 Å². The molecule has 0 heterocycles. The van der Waals surface area contributed by atoms with E-state index in [1.165, 1.54) is 12.1 Å². The van der Waals surface area contributed by atoms with Crippen LogP contribution in [0, 0.1) is 21.7 Å². The van der Waals surface area contributed by atoms with Crippen LogP contribution in [0.5, 0.6) is 0 Å². The molecule has 0 aliphatic carbocycles. The van der Waals surface area contributed by atoms with Crippen molar-refractivity contribution in [2.75, 3.05) is 5.32 Å². The molecule has 0 bridgehead atoms. The summed E-state index contributed by atoms with van der Waals surface area (Å²) in [4.78, 5) is 10.2. The first-order chi connectivity index (χ1) is 9.47. The molecule has 7 heteroatoms. The lowest BCUT2D eigenvalue weighted by Gasteiger charge is -2.08. The average molecular weight is 343 g/mol. The first-order valence-electron chi connectivity index (χ1n) is 5.59. The summed E-state index contributed by atoms with van der Waals surface area (Å²) in [6.45, 7) is 0.147. The van der Waals surface area contributed by atoms with Gasteiger partial charge in [-0.05, 0) is 39.7 Å². The van der Waals surface area contributed by atoms with E-state index in [-0.39, 0.29) is 17.9 Å². The van der Waals surface area contributed by atoms with E-state index < -0.39 is 16.6 Å². The van der Waals surface area contributed by atoms with Gasteiger partial charge in [-0.1, -0.05) is 6.07 Å². The van der Waals surface area contributed by atoms with Crippen LogP contribution in [0.3, 0.4) is 0 Å². The molecule has 20 heavy (non-hydrogen) atoms. The van der Waals surface area contributed by atoms with Gasteiger partial charge < -0.3 is 5.32 Å². The smallest absolute Gasteiger partial charge is 0.292 e. The first-order valence-corrected chi connectivity index (χ1v) is 6.38. The van der Waals surface area contributed by atoms with Crippen molar-refractivity contribution < 1.29 is 13.7 Å². The lowest BCUT2D eigenvalue weighted by Crippen LogP contribution is -2.03. The Bertz CT molecular complexity index is 665. The summed E-state index contributed by atoms with van der Waals surface area (Å²) in [6.07, 6.45) is 0. The van der Waals surface area contributed by atoms with E-state index in [1.54, 1.807) is 6.07 Å². The minimum atomic E-state index is -0.607. The number of hydrogen-bond acceptors (Lipinski definition) is 3. The van der Waals surface area contributed by atoms with Crippen molar-refractivity contribution >= 4 is 27.3 Å². The van der Waals surface area contributed by atoms with E-state index in [1.807, 2.05) is 0 Å². The molecule has 0 saturated carbocycles. The fourth-order valence-corrected chi connectivity index (χ4v) is 1.90. The molecule has 0 aromatic heterocycles. The van der Waals surface area contributed by atoms with Crippen LogP contribution in [-0.2, 0) is 6.54 Å². The van der Waals surface area contributed by atoms with Gasteiger partial charge in [-0.2, -0.15) is 0 Å². The van der Waals surface area contributed by atoms with Crippen molar-refractivity contribution in [3.8, 4) is 0 Å². The second-order valence-electron chi connectivity index (χ2n) is 4.02. The Morgan fingerprint density at radius 3 is 2.60 bits per heavy atom. The molecule has 0 amide bonds. The highest BCUT2D eigenvalue weighted by molar-refractivity contribution is 9.10. The fraction of sp³-hybridized carbons (Fsp3) is 0.0769. The SMILES string of the molecule is O=[N+]([O-])c1ccc(F)cc1NCc1ccc(Br)c(F)c1.